The third-order valence-electron chi connectivity index (χ3n) is 3.78. The average molecular weight is 288 g/mol. The third kappa shape index (κ3) is 2.07. The second-order valence-electron chi connectivity index (χ2n) is 5.17. The van der Waals surface area contributed by atoms with Crippen LogP contribution in [0.15, 0.2) is 77.9 Å². The molecule has 4 rings (SSSR count). The van der Waals surface area contributed by atoms with E-state index < -0.39 is 0 Å². The molecule has 0 spiro atoms. The van der Waals surface area contributed by atoms with Crippen LogP contribution < -0.4 is 5.43 Å². The Balaban J connectivity index is 1.79. The molecule has 106 valence electrons. The summed E-state index contributed by atoms with van der Waals surface area (Å²) < 4.78 is 13.3. The molecule has 3 aromatic rings. The van der Waals surface area contributed by atoms with Crippen LogP contribution in [0.2, 0.25) is 0 Å². The Hall–Kier alpha value is -2.94. The molecule has 0 amide bonds. The lowest BCUT2D eigenvalue weighted by Crippen LogP contribution is -2.02. The predicted molar refractivity (Wildman–Crippen MR) is 87.5 cm³/mol. The van der Waals surface area contributed by atoms with Crippen molar-refractivity contribution < 1.29 is 4.39 Å². The minimum Gasteiger partial charge on any atom is -0.278 e. The molecule has 1 aliphatic rings. The SMILES string of the molecule is Fc1cccc(NN=C2c3ccccc3-c3ccccc32)c1. The van der Waals surface area contributed by atoms with Gasteiger partial charge in [-0.25, -0.2) is 4.39 Å². The summed E-state index contributed by atoms with van der Waals surface area (Å²) in [7, 11) is 0. The van der Waals surface area contributed by atoms with E-state index in [0.29, 0.717) is 5.69 Å². The summed E-state index contributed by atoms with van der Waals surface area (Å²) in [4.78, 5) is 0. The highest BCUT2D eigenvalue weighted by Gasteiger charge is 2.23. The molecule has 3 aromatic carbocycles. The summed E-state index contributed by atoms with van der Waals surface area (Å²) in [6, 6.07) is 22.7. The molecule has 22 heavy (non-hydrogen) atoms. The molecule has 0 aliphatic heterocycles. The van der Waals surface area contributed by atoms with Gasteiger partial charge in [-0.05, 0) is 29.3 Å². The van der Waals surface area contributed by atoms with Crippen molar-refractivity contribution >= 4 is 11.4 Å². The van der Waals surface area contributed by atoms with Crippen molar-refractivity contribution in [1.82, 2.24) is 0 Å². The Morgan fingerprint density at radius 3 is 1.86 bits per heavy atom. The van der Waals surface area contributed by atoms with Crippen molar-refractivity contribution in [3.8, 4) is 11.1 Å². The van der Waals surface area contributed by atoms with Crippen LogP contribution >= 0.6 is 0 Å². The van der Waals surface area contributed by atoms with Crippen molar-refractivity contribution in [3.05, 3.63) is 89.7 Å². The Labute approximate surface area is 127 Å². The summed E-state index contributed by atoms with van der Waals surface area (Å²) >= 11 is 0. The van der Waals surface area contributed by atoms with Gasteiger partial charge in [-0.1, -0.05) is 54.6 Å². The van der Waals surface area contributed by atoms with E-state index in [0.717, 1.165) is 16.8 Å². The molecular weight excluding hydrogens is 275 g/mol. The third-order valence-corrected chi connectivity index (χ3v) is 3.78. The highest BCUT2D eigenvalue weighted by Crippen LogP contribution is 2.36. The van der Waals surface area contributed by atoms with Crippen molar-refractivity contribution in [3.63, 3.8) is 0 Å². The quantitative estimate of drug-likeness (QED) is 0.532. The predicted octanol–water partition coefficient (Wildman–Crippen LogP) is 4.67. The van der Waals surface area contributed by atoms with Gasteiger partial charge in [0.2, 0.25) is 0 Å². The highest BCUT2D eigenvalue weighted by molar-refractivity contribution is 6.24. The van der Waals surface area contributed by atoms with E-state index in [1.807, 2.05) is 24.3 Å². The molecule has 0 heterocycles. The van der Waals surface area contributed by atoms with Gasteiger partial charge in [-0.15, -0.1) is 0 Å². The van der Waals surface area contributed by atoms with Gasteiger partial charge in [0, 0.05) is 11.1 Å². The molecule has 0 saturated heterocycles. The Morgan fingerprint density at radius 2 is 1.27 bits per heavy atom. The Kier molecular flexibility index (Phi) is 2.97. The molecule has 3 heteroatoms. The number of anilines is 1. The number of halogens is 1. The number of hydrazone groups is 1. The highest BCUT2D eigenvalue weighted by atomic mass is 19.1. The normalized spacial score (nSPS) is 11.8. The van der Waals surface area contributed by atoms with Crippen LogP contribution in [-0.2, 0) is 0 Å². The number of nitrogens with one attached hydrogen (secondary N) is 1. The number of hydrogen-bond acceptors (Lipinski definition) is 2. The topological polar surface area (TPSA) is 24.4 Å². The Morgan fingerprint density at radius 1 is 0.682 bits per heavy atom. The van der Waals surface area contributed by atoms with Crippen LogP contribution in [0.25, 0.3) is 11.1 Å². The van der Waals surface area contributed by atoms with E-state index in [2.05, 4.69) is 34.8 Å². The average Bonchev–Trinajstić information content (AvgIpc) is 2.87. The number of fused-ring (bicyclic) bond motifs is 3. The maximum Gasteiger partial charge on any atom is 0.125 e. The second kappa shape index (κ2) is 5.11. The van der Waals surface area contributed by atoms with Crippen molar-refractivity contribution in [2.75, 3.05) is 5.43 Å². The number of hydrogen-bond donors (Lipinski definition) is 1. The molecule has 1 aliphatic carbocycles. The smallest absolute Gasteiger partial charge is 0.125 e. The van der Waals surface area contributed by atoms with Crippen LogP contribution in [0.4, 0.5) is 10.1 Å². The van der Waals surface area contributed by atoms with Crippen LogP contribution in [0.5, 0.6) is 0 Å². The van der Waals surface area contributed by atoms with Gasteiger partial charge in [-0.2, -0.15) is 5.10 Å². The van der Waals surface area contributed by atoms with Gasteiger partial charge >= 0.3 is 0 Å². The summed E-state index contributed by atoms with van der Waals surface area (Å²) in [6.07, 6.45) is 0. The van der Waals surface area contributed by atoms with Crippen LogP contribution in [0, 0.1) is 5.82 Å². The van der Waals surface area contributed by atoms with E-state index >= 15 is 0 Å². The Bertz CT molecular complexity index is 836. The molecule has 0 unspecified atom stereocenters. The molecular formula is C19H13FN2. The molecule has 0 saturated carbocycles. The van der Waals surface area contributed by atoms with E-state index in [-0.39, 0.29) is 5.82 Å². The van der Waals surface area contributed by atoms with E-state index in [4.69, 9.17) is 0 Å². The fourth-order valence-corrected chi connectivity index (χ4v) is 2.79. The first kappa shape index (κ1) is 12.8. The van der Waals surface area contributed by atoms with E-state index in [9.17, 15) is 4.39 Å². The molecule has 0 bridgehead atoms. The first-order chi connectivity index (χ1) is 10.8. The molecule has 0 fully saturated rings. The molecule has 0 atom stereocenters. The second-order valence-corrected chi connectivity index (χ2v) is 5.17. The maximum absolute atomic E-state index is 13.3. The maximum atomic E-state index is 13.3. The largest absolute Gasteiger partial charge is 0.278 e. The molecule has 0 aromatic heterocycles. The van der Waals surface area contributed by atoms with Gasteiger partial charge in [0.25, 0.3) is 0 Å². The summed E-state index contributed by atoms with van der Waals surface area (Å²) in [5, 5.41) is 4.52. The fourth-order valence-electron chi connectivity index (χ4n) is 2.79. The molecule has 2 nitrogen and oxygen atoms in total. The minimum absolute atomic E-state index is 0.280. The van der Waals surface area contributed by atoms with Gasteiger partial charge in [0.1, 0.15) is 5.82 Å². The van der Waals surface area contributed by atoms with Crippen LogP contribution in [0.1, 0.15) is 11.1 Å². The van der Waals surface area contributed by atoms with Crippen LogP contribution in [0.3, 0.4) is 0 Å². The lowest BCUT2D eigenvalue weighted by atomic mass is 10.1. The number of rotatable bonds is 2. The minimum atomic E-state index is -0.280. The lowest BCUT2D eigenvalue weighted by Gasteiger charge is -2.04. The molecule has 0 radical (unpaired) electrons. The van der Waals surface area contributed by atoms with Crippen molar-refractivity contribution in [2.45, 2.75) is 0 Å². The van der Waals surface area contributed by atoms with Gasteiger partial charge in [-0.3, -0.25) is 5.43 Å². The van der Waals surface area contributed by atoms with Gasteiger partial charge in [0.05, 0.1) is 11.4 Å². The number of benzene rings is 3. The zero-order valence-corrected chi connectivity index (χ0v) is 11.8. The first-order valence-corrected chi connectivity index (χ1v) is 7.11. The zero-order chi connectivity index (χ0) is 14.9. The van der Waals surface area contributed by atoms with Crippen molar-refractivity contribution in [1.29, 1.82) is 0 Å². The first-order valence-electron chi connectivity index (χ1n) is 7.11. The summed E-state index contributed by atoms with van der Waals surface area (Å²) in [6.45, 7) is 0. The monoisotopic (exact) mass is 288 g/mol. The zero-order valence-electron chi connectivity index (χ0n) is 11.8. The number of nitrogens with zero attached hydrogens (tertiary/aromatic N) is 1. The van der Waals surface area contributed by atoms with E-state index in [1.54, 1.807) is 12.1 Å². The van der Waals surface area contributed by atoms with Crippen LogP contribution in [-0.4, -0.2) is 5.71 Å². The van der Waals surface area contributed by atoms with Gasteiger partial charge < -0.3 is 0 Å². The van der Waals surface area contributed by atoms with Gasteiger partial charge in [0.15, 0.2) is 0 Å². The molecule has 1 N–H and O–H groups in total. The standard InChI is InChI=1S/C19H13FN2/c20-13-6-5-7-14(12-13)21-22-19-17-10-3-1-8-15(17)16-9-2-4-11-18(16)19/h1-12,21H. The fraction of sp³-hybridized carbons (Fsp3) is 0. The van der Waals surface area contributed by atoms with Crippen molar-refractivity contribution in [2.24, 2.45) is 5.10 Å². The van der Waals surface area contributed by atoms with E-state index in [1.165, 1.54) is 23.3 Å². The summed E-state index contributed by atoms with van der Waals surface area (Å²) in [5.41, 5.74) is 9.01. The summed E-state index contributed by atoms with van der Waals surface area (Å²) in [5.74, 6) is -0.280. The lowest BCUT2D eigenvalue weighted by molar-refractivity contribution is 0.628.